The number of aryl methyl sites for hydroxylation is 1. The van der Waals surface area contributed by atoms with Gasteiger partial charge in [0.2, 0.25) is 0 Å². The van der Waals surface area contributed by atoms with Crippen LogP contribution < -0.4 is 4.74 Å². The zero-order valence-corrected chi connectivity index (χ0v) is 9.42. The van der Waals surface area contributed by atoms with Crippen molar-refractivity contribution in [3.05, 3.63) is 41.3 Å². The third-order valence-electron chi connectivity index (χ3n) is 3.57. The summed E-state index contributed by atoms with van der Waals surface area (Å²) in [5, 5.41) is 0. The van der Waals surface area contributed by atoms with Crippen molar-refractivity contribution in [1.29, 1.82) is 0 Å². The Kier molecular flexibility index (Phi) is 1.60. The summed E-state index contributed by atoms with van der Waals surface area (Å²) in [6.07, 6.45) is 3.28. The highest BCUT2D eigenvalue weighted by molar-refractivity contribution is 5.98. The van der Waals surface area contributed by atoms with E-state index in [2.05, 4.69) is 45.4 Å². The van der Waals surface area contributed by atoms with Crippen LogP contribution in [0.2, 0.25) is 0 Å². The lowest BCUT2D eigenvalue weighted by molar-refractivity contribution is 0.127. The molecule has 1 aromatic carbocycles. The van der Waals surface area contributed by atoms with E-state index >= 15 is 0 Å². The van der Waals surface area contributed by atoms with Crippen LogP contribution in [0.4, 0.5) is 0 Å². The smallest absolute Gasteiger partial charge is 0.131 e. The molecule has 1 heteroatoms. The van der Waals surface area contributed by atoms with Gasteiger partial charge in [-0.05, 0) is 37.0 Å². The molecule has 1 aromatic rings. The molecule has 0 unspecified atom stereocenters. The lowest BCUT2D eigenvalue weighted by Crippen LogP contribution is -2.32. The number of rotatable bonds is 1. The highest BCUT2D eigenvalue weighted by Gasteiger charge is 2.45. The van der Waals surface area contributed by atoms with Crippen LogP contribution in [0.25, 0.3) is 5.57 Å². The first-order valence-electron chi connectivity index (χ1n) is 5.54. The van der Waals surface area contributed by atoms with Crippen LogP contribution in [0.3, 0.4) is 0 Å². The first kappa shape index (κ1) is 9.02. The van der Waals surface area contributed by atoms with Crippen LogP contribution >= 0.6 is 0 Å². The summed E-state index contributed by atoms with van der Waals surface area (Å²) in [6, 6.07) is 6.36. The maximum absolute atomic E-state index is 6.16. The first-order valence-corrected chi connectivity index (χ1v) is 5.54. The van der Waals surface area contributed by atoms with Crippen molar-refractivity contribution in [2.75, 3.05) is 0 Å². The van der Waals surface area contributed by atoms with Crippen molar-refractivity contribution < 1.29 is 4.74 Å². The van der Waals surface area contributed by atoms with Gasteiger partial charge in [-0.25, -0.2) is 0 Å². The molecule has 0 spiro atoms. The summed E-state index contributed by atoms with van der Waals surface area (Å²) < 4.78 is 6.16. The molecule has 0 N–H and O–H groups in total. The Hall–Kier alpha value is -1.24. The van der Waals surface area contributed by atoms with Gasteiger partial charge in [-0.1, -0.05) is 25.1 Å². The summed E-state index contributed by atoms with van der Waals surface area (Å²) in [4.78, 5) is 0. The molecule has 15 heavy (non-hydrogen) atoms. The van der Waals surface area contributed by atoms with E-state index in [0.717, 1.165) is 12.2 Å². The van der Waals surface area contributed by atoms with E-state index < -0.39 is 0 Å². The van der Waals surface area contributed by atoms with E-state index in [4.69, 9.17) is 4.74 Å². The number of hydrogen-bond acceptors (Lipinski definition) is 1. The van der Waals surface area contributed by atoms with Crippen molar-refractivity contribution >= 4 is 5.57 Å². The minimum atomic E-state index is -0.0888. The number of ether oxygens (including phenoxy) is 1. The molecular weight excluding hydrogens is 184 g/mol. The van der Waals surface area contributed by atoms with E-state index in [1.165, 1.54) is 22.3 Å². The Bertz CT molecular complexity index is 470. The normalized spacial score (nSPS) is 26.9. The Morgan fingerprint density at radius 2 is 2.13 bits per heavy atom. The molecule has 3 rings (SSSR count). The Balaban J connectivity index is 2.18. The third kappa shape index (κ3) is 1.09. The van der Waals surface area contributed by atoms with Gasteiger partial charge in [0.15, 0.2) is 0 Å². The molecule has 0 bridgehead atoms. The fraction of sp³-hybridized carbons (Fsp3) is 0.357. The number of benzene rings is 1. The second kappa shape index (κ2) is 2.66. The molecule has 0 amide bonds. The minimum Gasteiger partial charge on any atom is -0.482 e. The Morgan fingerprint density at radius 1 is 1.33 bits per heavy atom. The number of para-hydroxylation sites is 1. The highest BCUT2D eigenvalue weighted by atomic mass is 16.5. The molecule has 1 aliphatic heterocycles. The van der Waals surface area contributed by atoms with Gasteiger partial charge in [0, 0.05) is 12.0 Å². The van der Waals surface area contributed by atoms with Crippen LogP contribution in [0.1, 0.15) is 31.4 Å². The quantitative estimate of drug-likeness (QED) is 0.672. The summed E-state index contributed by atoms with van der Waals surface area (Å²) in [6.45, 7) is 6.48. The van der Waals surface area contributed by atoms with Crippen molar-refractivity contribution in [3.8, 4) is 5.75 Å². The second-order valence-electron chi connectivity index (χ2n) is 4.61. The summed E-state index contributed by atoms with van der Waals surface area (Å²) in [7, 11) is 0. The summed E-state index contributed by atoms with van der Waals surface area (Å²) in [5.41, 5.74) is 5.22. The molecule has 0 saturated carbocycles. The van der Waals surface area contributed by atoms with Gasteiger partial charge in [-0.2, -0.15) is 0 Å². The van der Waals surface area contributed by atoms with Gasteiger partial charge in [0.1, 0.15) is 11.4 Å². The van der Waals surface area contributed by atoms with Gasteiger partial charge in [-0.15, -0.1) is 0 Å². The largest absolute Gasteiger partial charge is 0.482 e. The fourth-order valence-corrected chi connectivity index (χ4v) is 2.31. The topological polar surface area (TPSA) is 9.23 Å². The zero-order valence-electron chi connectivity index (χ0n) is 9.42. The monoisotopic (exact) mass is 199 g/mol. The predicted molar refractivity (Wildman–Crippen MR) is 61.7 cm³/mol. The van der Waals surface area contributed by atoms with E-state index in [9.17, 15) is 0 Å². The van der Waals surface area contributed by atoms with Gasteiger partial charge in [0.25, 0.3) is 0 Å². The molecule has 1 nitrogen and oxygen atoms in total. The van der Waals surface area contributed by atoms with Crippen LogP contribution in [-0.4, -0.2) is 5.60 Å². The Labute approximate surface area is 90.8 Å². The highest BCUT2D eigenvalue weighted by Crippen LogP contribution is 2.55. The maximum Gasteiger partial charge on any atom is 0.131 e. The third-order valence-corrected chi connectivity index (χ3v) is 3.57. The minimum absolute atomic E-state index is 0.0888. The van der Waals surface area contributed by atoms with Crippen molar-refractivity contribution in [2.45, 2.75) is 32.8 Å². The predicted octanol–water partition coefficient (Wildman–Crippen LogP) is 3.53. The van der Waals surface area contributed by atoms with E-state index in [-0.39, 0.29) is 5.60 Å². The van der Waals surface area contributed by atoms with E-state index in [1.807, 2.05) is 0 Å². The van der Waals surface area contributed by atoms with E-state index in [0.29, 0.717) is 0 Å². The Morgan fingerprint density at radius 3 is 2.87 bits per heavy atom. The lowest BCUT2D eigenvalue weighted by atomic mass is 9.96. The molecule has 0 saturated heterocycles. The molecule has 1 heterocycles. The standard InChI is InChI=1S/C14H15O/c1-4-14(3)12-8-11(12)10-7-5-6-9(2)13(10)15-14/h5-8H,4H2,1-3H3/t14-/m1/s1. The number of hydrogen-bond donors (Lipinski definition) is 0. The maximum atomic E-state index is 6.16. The average molecular weight is 199 g/mol. The molecule has 1 aliphatic carbocycles. The van der Waals surface area contributed by atoms with Gasteiger partial charge in [0.05, 0.1) is 0 Å². The fourth-order valence-electron chi connectivity index (χ4n) is 2.31. The molecule has 77 valence electrons. The molecule has 0 fully saturated rings. The molecule has 1 atom stereocenters. The second-order valence-corrected chi connectivity index (χ2v) is 4.61. The van der Waals surface area contributed by atoms with Crippen molar-refractivity contribution in [2.24, 2.45) is 0 Å². The summed E-state index contributed by atoms with van der Waals surface area (Å²) >= 11 is 0. The zero-order chi connectivity index (χ0) is 10.6. The van der Waals surface area contributed by atoms with Gasteiger partial charge in [-0.3, -0.25) is 0 Å². The van der Waals surface area contributed by atoms with Crippen LogP contribution in [0.15, 0.2) is 23.8 Å². The molecule has 1 radical (unpaired) electrons. The van der Waals surface area contributed by atoms with Gasteiger partial charge >= 0.3 is 0 Å². The SMILES string of the molecule is CC[C@@]1(C)Oc2c(C)cccc2C2=C1[CH]2. The number of fused-ring (bicyclic) bond motifs is 2. The molecule has 2 aliphatic rings. The van der Waals surface area contributed by atoms with Crippen molar-refractivity contribution in [1.82, 2.24) is 0 Å². The van der Waals surface area contributed by atoms with Gasteiger partial charge < -0.3 is 4.74 Å². The van der Waals surface area contributed by atoms with E-state index in [1.54, 1.807) is 0 Å². The molecule has 0 aromatic heterocycles. The first-order chi connectivity index (χ1) is 7.15. The number of allylic oxidation sites excluding steroid dienone is 1. The average Bonchev–Trinajstić information content (AvgIpc) is 3.01. The summed E-state index contributed by atoms with van der Waals surface area (Å²) in [5.74, 6) is 1.08. The van der Waals surface area contributed by atoms with Crippen molar-refractivity contribution in [3.63, 3.8) is 0 Å². The van der Waals surface area contributed by atoms with Crippen LogP contribution in [0.5, 0.6) is 5.75 Å². The van der Waals surface area contributed by atoms with Crippen LogP contribution in [0, 0.1) is 13.3 Å². The molecular formula is C14H15O. The lowest BCUT2D eigenvalue weighted by Gasteiger charge is -2.31. The van der Waals surface area contributed by atoms with Crippen LogP contribution in [-0.2, 0) is 0 Å².